The van der Waals surface area contributed by atoms with Crippen LogP contribution in [0, 0.1) is 5.92 Å². The first-order chi connectivity index (χ1) is 12.7. The van der Waals surface area contributed by atoms with Gasteiger partial charge in [-0.05, 0) is 25.3 Å². The summed E-state index contributed by atoms with van der Waals surface area (Å²) >= 11 is 0. The Bertz CT molecular complexity index is 710. The Kier molecular flexibility index (Phi) is 6.40. The molecule has 1 aliphatic heterocycles. The number of nitrogens with zero attached hydrogens (tertiary/aromatic N) is 5. The second-order valence-electron chi connectivity index (χ2n) is 6.82. The topological polar surface area (TPSA) is 77.2 Å². The Morgan fingerprint density at radius 2 is 2.27 bits per heavy atom. The molecule has 2 aromatic heterocycles. The van der Waals surface area contributed by atoms with Crippen molar-refractivity contribution in [3.8, 4) is 0 Å². The van der Waals surface area contributed by atoms with E-state index < -0.39 is 0 Å². The summed E-state index contributed by atoms with van der Waals surface area (Å²) in [7, 11) is 1.53. The molecule has 1 atom stereocenters. The molecule has 0 fully saturated rings. The van der Waals surface area contributed by atoms with Crippen LogP contribution in [0.1, 0.15) is 24.6 Å². The highest BCUT2D eigenvalue weighted by Crippen LogP contribution is 2.19. The van der Waals surface area contributed by atoms with E-state index in [1.807, 2.05) is 17.1 Å². The van der Waals surface area contributed by atoms with Gasteiger partial charge in [0.25, 0.3) is 0 Å². The molecule has 1 aliphatic rings. The molecule has 0 spiro atoms. The molecule has 0 saturated carbocycles. The van der Waals surface area contributed by atoms with Crippen molar-refractivity contribution in [2.75, 3.05) is 26.8 Å². The summed E-state index contributed by atoms with van der Waals surface area (Å²) in [4.78, 5) is 14.0. The van der Waals surface area contributed by atoms with Gasteiger partial charge in [0.15, 0.2) is 0 Å². The second-order valence-corrected chi connectivity index (χ2v) is 6.82. The van der Waals surface area contributed by atoms with Gasteiger partial charge in [-0.25, -0.2) is 0 Å². The van der Waals surface area contributed by atoms with E-state index in [1.165, 1.54) is 18.4 Å². The first-order valence-electron chi connectivity index (χ1n) is 9.18. The normalized spacial score (nSPS) is 17.7. The minimum Gasteiger partial charge on any atom is -0.375 e. The van der Waals surface area contributed by atoms with Gasteiger partial charge in [0.2, 0.25) is 5.91 Å². The third kappa shape index (κ3) is 4.92. The number of aryl methyl sites for hydroxylation is 1. The summed E-state index contributed by atoms with van der Waals surface area (Å²) in [5.74, 6) is 0.366. The van der Waals surface area contributed by atoms with Crippen LogP contribution in [0.25, 0.3) is 0 Å². The van der Waals surface area contributed by atoms with Crippen LogP contribution in [-0.2, 0) is 35.7 Å². The molecule has 8 heteroatoms. The number of carbonyl (C=O) groups excluding carboxylic acids is 1. The maximum atomic E-state index is 11.6. The van der Waals surface area contributed by atoms with Crippen molar-refractivity contribution >= 4 is 5.91 Å². The highest BCUT2D eigenvalue weighted by Gasteiger charge is 2.22. The Labute approximate surface area is 154 Å². The van der Waals surface area contributed by atoms with E-state index in [2.05, 4.69) is 44.3 Å². The minimum absolute atomic E-state index is 0.0651. The first-order valence-corrected chi connectivity index (χ1v) is 9.18. The lowest BCUT2D eigenvalue weighted by atomic mass is 10.0. The lowest BCUT2D eigenvalue weighted by Crippen LogP contribution is -2.32. The predicted octanol–water partition coefficient (Wildman–Crippen LogP) is 0.884. The Morgan fingerprint density at radius 1 is 1.38 bits per heavy atom. The molecule has 1 N–H and O–H groups in total. The van der Waals surface area contributed by atoms with E-state index in [0.717, 1.165) is 39.1 Å². The summed E-state index contributed by atoms with van der Waals surface area (Å²) in [6.07, 6.45) is 6.85. The third-order valence-corrected chi connectivity index (χ3v) is 4.70. The van der Waals surface area contributed by atoms with Crippen molar-refractivity contribution in [3.63, 3.8) is 0 Å². The molecule has 0 bridgehead atoms. The maximum absolute atomic E-state index is 11.6. The summed E-state index contributed by atoms with van der Waals surface area (Å²) in [5.41, 5.74) is 2.46. The molecular formula is C18H28N6O2. The molecule has 2 aromatic rings. The van der Waals surface area contributed by atoms with Gasteiger partial charge >= 0.3 is 0 Å². The number of nitrogens with one attached hydrogen (secondary N) is 1. The number of ether oxygens (including phenoxy) is 1. The van der Waals surface area contributed by atoms with Crippen LogP contribution in [0.3, 0.4) is 0 Å². The van der Waals surface area contributed by atoms with Crippen LogP contribution in [-0.4, -0.2) is 57.2 Å². The molecule has 0 aliphatic carbocycles. The van der Waals surface area contributed by atoms with Crippen molar-refractivity contribution < 1.29 is 9.53 Å². The number of hydrogen-bond donors (Lipinski definition) is 1. The number of aromatic nitrogens is 4. The van der Waals surface area contributed by atoms with Crippen LogP contribution >= 0.6 is 0 Å². The highest BCUT2D eigenvalue weighted by molar-refractivity contribution is 5.77. The number of amides is 1. The average Bonchev–Trinajstić information content (AvgIpc) is 3.21. The first kappa shape index (κ1) is 18.6. The Morgan fingerprint density at radius 3 is 3.04 bits per heavy atom. The fraction of sp³-hybridized carbons (Fsp3) is 0.611. The Hall–Kier alpha value is -2.19. The van der Waals surface area contributed by atoms with Gasteiger partial charge < -0.3 is 10.1 Å². The number of methoxy groups -OCH3 is 1. The van der Waals surface area contributed by atoms with Crippen LogP contribution < -0.4 is 5.32 Å². The molecule has 1 amide bonds. The van der Waals surface area contributed by atoms with Gasteiger partial charge in [0, 0.05) is 64.3 Å². The summed E-state index contributed by atoms with van der Waals surface area (Å²) in [6, 6.07) is 2.09. The van der Waals surface area contributed by atoms with Gasteiger partial charge in [-0.15, -0.1) is 0 Å². The molecule has 26 heavy (non-hydrogen) atoms. The van der Waals surface area contributed by atoms with E-state index >= 15 is 0 Å². The molecule has 3 heterocycles. The Balaban J connectivity index is 1.61. The van der Waals surface area contributed by atoms with Crippen molar-refractivity contribution in [2.45, 2.75) is 39.5 Å². The largest absolute Gasteiger partial charge is 0.375 e. The van der Waals surface area contributed by atoms with Gasteiger partial charge in [0.1, 0.15) is 6.61 Å². The van der Waals surface area contributed by atoms with Crippen molar-refractivity contribution in [2.24, 2.45) is 5.92 Å². The molecule has 142 valence electrons. The summed E-state index contributed by atoms with van der Waals surface area (Å²) < 4.78 is 8.91. The lowest BCUT2D eigenvalue weighted by Gasteiger charge is -2.23. The smallest absolute Gasteiger partial charge is 0.245 e. The van der Waals surface area contributed by atoms with Crippen LogP contribution in [0.5, 0.6) is 0 Å². The van der Waals surface area contributed by atoms with Crippen LogP contribution in [0.2, 0.25) is 0 Å². The molecule has 0 radical (unpaired) electrons. The zero-order valence-electron chi connectivity index (χ0n) is 15.6. The summed E-state index contributed by atoms with van der Waals surface area (Å²) in [6.45, 7) is 7.36. The van der Waals surface area contributed by atoms with Crippen molar-refractivity contribution in [1.82, 2.24) is 29.8 Å². The van der Waals surface area contributed by atoms with Crippen LogP contribution in [0.4, 0.5) is 0 Å². The van der Waals surface area contributed by atoms with E-state index in [1.54, 1.807) is 0 Å². The van der Waals surface area contributed by atoms with E-state index in [-0.39, 0.29) is 12.5 Å². The number of fused-ring (bicyclic) bond motifs is 1. The fourth-order valence-electron chi connectivity index (χ4n) is 3.44. The van der Waals surface area contributed by atoms with E-state index in [0.29, 0.717) is 12.5 Å². The number of carbonyl (C=O) groups is 1. The SMILES string of the molecule is CCn1cc(CN2Cc3ccnn3CC(CCNC(=O)COC)C2)cn1. The minimum atomic E-state index is -0.0651. The molecule has 8 nitrogen and oxygen atoms in total. The van der Waals surface area contributed by atoms with Gasteiger partial charge in [-0.2, -0.15) is 10.2 Å². The average molecular weight is 360 g/mol. The third-order valence-electron chi connectivity index (χ3n) is 4.70. The van der Waals surface area contributed by atoms with Crippen molar-refractivity contribution in [3.05, 3.63) is 35.9 Å². The predicted molar refractivity (Wildman–Crippen MR) is 97.2 cm³/mol. The quantitative estimate of drug-likeness (QED) is 0.756. The zero-order valence-corrected chi connectivity index (χ0v) is 15.6. The molecule has 1 unspecified atom stereocenters. The maximum Gasteiger partial charge on any atom is 0.245 e. The van der Waals surface area contributed by atoms with Gasteiger partial charge in [-0.1, -0.05) is 0 Å². The highest BCUT2D eigenvalue weighted by atomic mass is 16.5. The van der Waals surface area contributed by atoms with E-state index in [4.69, 9.17) is 4.74 Å². The molecule has 0 saturated heterocycles. The van der Waals surface area contributed by atoms with Gasteiger partial charge in [0.05, 0.1) is 11.9 Å². The molecular weight excluding hydrogens is 332 g/mol. The number of hydrogen-bond acceptors (Lipinski definition) is 5. The monoisotopic (exact) mass is 360 g/mol. The standard InChI is InChI=1S/C18H28N6O2/c1-3-23-11-16(8-21-23)10-22-9-15(4-6-19-18(25)14-26-2)12-24-17(13-22)5-7-20-24/h5,7-8,11,15H,3-4,6,9-10,12-14H2,1-2H3,(H,19,25). The lowest BCUT2D eigenvalue weighted by molar-refractivity contribution is -0.124. The molecule has 3 rings (SSSR count). The van der Waals surface area contributed by atoms with Crippen molar-refractivity contribution in [1.29, 1.82) is 0 Å². The second kappa shape index (κ2) is 8.95. The summed E-state index contributed by atoms with van der Waals surface area (Å²) in [5, 5.41) is 11.8. The molecule has 0 aromatic carbocycles. The van der Waals surface area contributed by atoms with Crippen LogP contribution in [0.15, 0.2) is 24.7 Å². The van der Waals surface area contributed by atoms with E-state index in [9.17, 15) is 4.79 Å². The number of rotatable bonds is 8. The zero-order chi connectivity index (χ0) is 18.4. The fourth-order valence-corrected chi connectivity index (χ4v) is 3.44. The van der Waals surface area contributed by atoms with Gasteiger partial charge in [-0.3, -0.25) is 19.1 Å².